The molecular weight excluding hydrogens is 1190 g/mol. The molecule has 464 valence electrons. The van der Waals surface area contributed by atoms with E-state index in [-0.39, 0.29) is 60.4 Å². The second-order valence-corrected chi connectivity index (χ2v) is 26.2. The topological polar surface area (TPSA) is 328 Å². The van der Waals surface area contributed by atoms with Gasteiger partial charge in [-0.25, -0.2) is 31.1 Å². The van der Waals surface area contributed by atoms with Gasteiger partial charge in [-0.1, -0.05) is 67.6 Å². The molecule has 5 atom stereocenters. The van der Waals surface area contributed by atoms with Crippen molar-refractivity contribution in [2.75, 3.05) is 47.7 Å². The van der Waals surface area contributed by atoms with Gasteiger partial charge in [0.2, 0.25) is 31.9 Å². The minimum atomic E-state index is -4.02. The number of anilines is 4. The number of hydrogen-bond donors (Lipinski definition) is 9. The molecule has 2 saturated heterocycles. The zero-order chi connectivity index (χ0) is 63.3. The standard InChI is InChI=1S/C34H36N4O7S2.C28H34N6O6S/c1-22-9-6-7-12-26(22)35-34(42)36-27-16-14-23(19-30(27)45-2)20-32(39)38-18-8-13-29(38)31-17-15-24(46-31)21-28(33(40)41)37-47(43,44)25-10-4-3-5-11-25;1-17-6-4-5-7-22(17)32-28(38)31-21-9-8-19(29-16-21)15-25(35)34-13-12-18(2)26(34)23-11-10-20(30-23)14-24(27(36)37)33-41(3,39)40/h3-7,9-12,14-17,19,28-29,37H,8,13,18,20-21H2,1-2H3,(H,40,41)(H2,35,36,42);4-11,16,18,24,26,30,33H,12-15H2,1-3H3,(H,36,37)(H2,31,32,38). The third-order valence-electron chi connectivity index (χ3n) is 14.9. The Morgan fingerprint density at radius 3 is 1.93 bits per heavy atom. The lowest BCUT2D eigenvalue weighted by atomic mass is 10.00. The number of urea groups is 2. The van der Waals surface area contributed by atoms with E-state index < -0.39 is 56.1 Å². The number of nitrogens with zero attached hydrogens (tertiary/aromatic N) is 3. The van der Waals surface area contributed by atoms with Crippen LogP contribution in [0.5, 0.6) is 5.75 Å². The number of carboxylic acids is 2. The highest BCUT2D eigenvalue weighted by atomic mass is 32.2. The highest BCUT2D eigenvalue weighted by Crippen LogP contribution is 2.39. The first-order chi connectivity index (χ1) is 41.9. The number of sulfonamides is 2. The van der Waals surface area contributed by atoms with Crippen LogP contribution in [0.15, 0.2) is 145 Å². The molecule has 2 fully saturated rings. The lowest BCUT2D eigenvalue weighted by molar-refractivity contribution is -0.139. The summed E-state index contributed by atoms with van der Waals surface area (Å²) in [5, 5.41) is 30.4. The second kappa shape index (κ2) is 29.2. The van der Waals surface area contributed by atoms with Crippen molar-refractivity contribution < 1.29 is 60.6 Å². The monoisotopic (exact) mass is 1260 g/mol. The van der Waals surface area contributed by atoms with Crippen molar-refractivity contribution in [3.8, 4) is 5.75 Å². The zero-order valence-corrected chi connectivity index (χ0v) is 51.4. The molecule has 0 bridgehead atoms. The van der Waals surface area contributed by atoms with E-state index in [1.165, 1.54) is 36.8 Å². The number of thiophene rings is 1. The van der Waals surface area contributed by atoms with Crippen LogP contribution in [0.1, 0.15) is 81.8 Å². The number of methoxy groups -OCH3 is 1. The summed E-state index contributed by atoms with van der Waals surface area (Å²) in [6.45, 7) is 6.99. The normalized spacial score (nSPS) is 16.4. The summed E-state index contributed by atoms with van der Waals surface area (Å²) in [4.78, 5) is 88.1. The lowest BCUT2D eigenvalue weighted by Crippen LogP contribution is -2.42. The number of para-hydroxylation sites is 2. The van der Waals surface area contributed by atoms with Gasteiger partial charge < -0.3 is 51.0 Å². The van der Waals surface area contributed by atoms with Crippen molar-refractivity contribution in [1.82, 2.24) is 29.2 Å². The minimum absolute atomic E-state index is 0.00891. The van der Waals surface area contributed by atoms with Crippen molar-refractivity contribution >= 4 is 89.9 Å². The number of ether oxygens (including phenoxy) is 1. The molecule has 7 aromatic rings. The number of carbonyl (C=O) groups is 6. The van der Waals surface area contributed by atoms with Crippen LogP contribution in [0.25, 0.3) is 0 Å². The van der Waals surface area contributed by atoms with Crippen molar-refractivity contribution in [1.29, 1.82) is 0 Å². The van der Waals surface area contributed by atoms with Crippen molar-refractivity contribution in [3.05, 3.63) is 183 Å². The van der Waals surface area contributed by atoms with Crippen LogP contribution in [-0.4, -0.2) is 121 Å². The van der Waals surface area contributed by atoms with E-state index in [9.17, 15) is 55.8 Å². The molecule has 2 aliphatic heterocycles. The number of benzene rings is 4. The Hall–Kier alpha value is -8.95. The average molecular weight is 1260 g/mol. The third kappa shape index (κ3) is 17.6. The number of hydrogen-bond acceptors (Lipinski definition) is 13. The molecule has 4 aromatic carbocycles. The summed E-state index contributed by atoms with van der Waals surface area (Å²) in [5.41, 5.74) is 6.81. The number of carboxylic acid groups (broad SMARTS) is 2. The first-order valence-electron chi connectivity index (χ1n) is 28.2. The van der Waals surface area contributed by atoms with Gasteiger partial charge in [0.15, 0.2) is 0 Å². The number of nitrogens with one attached hydrogen (secondary N) is 7. The van der Waals surface area contributed by atoms with Crippen LogP contribution in [0.2, 0.25) is 0 Å². The Kier molecular flexibility index (Phi) is 21.6. The molecule has 3 aromatic heterocycles. The van der Waals surface area contributed by atoms with Crippen LogP contribution in [-0.2, 0) is 64.9 Å². The molecule has 23 nitrogen and oxygen atoms in total. The van der Waals surface area contributed by atoms with Crippen molar-refractivity contribution in [2.45, 2.75) is 94.8 Å². The zero-order valence-electron chi connectivity index (χ0n) is 49.0. The molecule has 6 amide bonds. The van der Waals surface area contributed by atoms with Crippen molar-refractivity contribution in [2.24, 2.45) is 5.92 Å². The van der Waals surface area contributed by atoms with E-state index in [1.807, 2.05) is 86.3 Å². The van der Waals surface area contributed by atoms with Crippen LogP contribution < -0.4 is 35.4 Å². The maximum Gasteiger partial charge on any atom is 0.323 e. The Bertz CT molecular complexity index is 3880. The van der Waals surface area contributed by atoms with Gasteiger partial charge in [-0.2, -0.15) is 4.72 Å². The molecule has 0 aliphatic carbocycles. The molecule has 5 unspecified atom stereocenters. The predicted molar refractivity (Wildman–Crippen MR) is 334 cm³/mol. The van der Waals surface area contributed by atoms with Gasteiger partial charge in [0.05, 0.1) is 60.8 Å². The fourth-order valence-corrected chi connectivity index (χ4v) is 13.6. The van der Waals surface area contributed by atoms with Crippen LogP contribution in [0.3, 0.4) is 0 Å². The van der Waals surface area contributed by atoms with Crippen LogP contribution in [0.4, 0.5) is 32.3 Å². The van der Waals surface area contributed by atoms with E-state index in [4.69, 9.17) is 4.74 Å². The number of H-pyrrole nitrogens is 1. The van der Waals surface area contributed by atoms with E-state index in [0.29, 0.717) is 57.9 Å². The molecule has 2 aliphatic rings. The Morgan fingerprint density at radius 1 is 0.682 bits per heavy atom. The maximum absolute atomic E-state index is 13.5. The highest BCUT2D eigenvalue weighted by Gasteiger charge is 2.37. The molecule has 9 N–H and O–H groups in total. The van der Waals surface area contributed by atoms with Crippen LogP contribution >= 0.6 is 11.3 Å². The lowest BCUT2D eigenvalue weighted by Gasteiger charge is -2.26. The van der Waals surface area contributed by atoms with E-state index >= 15 is 0 Å². The number of aryl methyl sites for hydroxylation is 2. The quantitative estimate of drug-likeness (QED) is 0.0307. The number of aromatic amines is 1. The van der Waals surface area contributed by atoms with Gasteiger partial charge in [-0.15, -0.1) is 11.3 Å². The van der Waals surface area contributed by atoms with Gasteiger partial charge in [0, 0.05) is 64.1 Å². The molecule has 5 heterocycles. The van der Waals surface area contributed by atoms with Crippen LogP contribution in [0, 0.1) is 19.8 Å². The summed E-state index contributed by atoms with van der Waals surface area (Å²) >= 11 is 1.38. The van der Waals surface area contributed by atoms with Gasteiger partial charge in [-0.3, -0.25) is 24.2 Å². The Morgan fingerprint density at radius 2 is 1.31 bits per heavy atom. The summed E-state index contributed by atoms with van der Waals surface area (Å²) in [5.74, 6) is -2.16. The van der Waals surface area contributed by atoms with Gasteiger partial charge in [0.25, 0.3) is 0 Å². The Balaban J connectivity index is 0.000000230. The predicted octanol–water partition coefficient (Wildman–Crippen LogP) is 8.65. The van der Waals surface area contributed by atoms with Gasteiger partial charge in [0.1, 0.15) is 17.8 Å². The number of rotatable bonds is 22. The van der Waals surface area contributed by atoms with E-state index in [0.717, 1.165) is 52.8 Å². The number of aromatic nitrogens is 2. The Labute approximate surface area is 514 Å². The van der Waals surface area contributed by atoms with Gasteiger partial charge in [-0.05, 0) is 129 Å². The number of likely N-dealkylation sites (tertiary alicyclic amines) is 2. The molecule has 0 radical (unpaired) electrons. The smallest absolute Gasteiger partial charge is 0.323 e. The van der Waals surface area contributed by atoms with Gasteiger partial charge >= 0.3 is 24.0 Å². The molecular formula is C62H70N10O13S3. The largest absolute Gasteiger partial charge is 0.495 e. The summed E-state index contributed by atoms with van der Waals surface area (Å²) < 4.78 is 58.6. The molecule has 0 spiro atoms. The van der Waals surface area contributed by atoms with E-state index in [2.05, 4.69) is 40.7 Å². The number of carbonyl (C=O) groups excluding carboxylic acids is 4. The van der Waals surface area contributed by atoms with Crippen molar-refractivity contribution in [3.63, 3.8) is 0 Å². The summed E-state index contributed by atoms with van der Waals surface area (Å²) in [6, 6.07) is 34.4. The fourth-order valence-electron chi connectivity index (χ4n) is 10.5. The SMILES string of the molecule is COc1cc(CC(=O)N2CCCC2c2ccc(CC(NS(=O)(=O)c3ccccc3)C(=O)O)s2)ccc1NC(=O)Nc1ccccc1C.Cc1ccccc1NC(=O)Nc1ccc(CC(=O)N2CCC(C)C2c2ccc(CC(NS(C)(=O)=O)C(=O)O)[nH]2)nc1. The number of pyridine rings is 1. The van der Waals surface area contributed by atoms with E-state index in [1.54, 1.807) is 65.6 Å². The maximum atomic E-state index is 13.5. The first kappa shape index (κ1) is 65.0. The average Bonchev–Trinajstić information content (AvgIpc) is 4.55. The molecule has 26 heteroatoms. The molecule has 0 saturated carbocycles. The summed E-state index contributed by atoms with van der Waals surface area (Å²) in [6.07, 6.45) is 4.90. The minimum Gasteiger partial charge on any atom is -0.495 e. The second-order valence-electron chi connectivity index (χ2n) is 21.5. The fraction of sp³-hybridized carbons (Fsp3) is 0.306. The first-order valence-corrected chi connectivity index (χ1v) is 32.4. The number of aliphatic carboxylic acids is 2. The molecule has 88 heavy (non-hydrogen) atoms. The number of amides is 6. The highest BCUT2D eigenvalue weighted by molar-refractivity contribution is 7.89. The third-order valence-corrected chi connectivity index (χ3v) is 18.3. The molecule has 9 rings (SSSR count). The summed E-state index contributed by atoms with van der Waals surface area (Å²) in [7, 11) is -6.23.